The maximum atomic E-state index is 12.9. The first-order valence-corrected chi connectivity index (χ1v) is 9.45. The van der Waals surface area contributed by atoms with Crippen molar-refractivity contribution in [1.29, 1.82) is 0 Å². The molecule has 144 valence electrons. The second-order valence-electron chi connectivity index (χ2n) is 7.23. The van der Waals surface area contributed by atoms with Crippen LogP contribution in [0.2, 0.25) is 0 Å². The van der Waals surface area contributed by atoms with E-state index < -0.39 is 0 Å². The number of hydrogen-bond acceptors (Lipinski definition) is 4. The van der Waals surface area contributed by atoms with Crippen LogP contribution in [0, 0.1) is 6.92 Å². The molecule has 0 saturated carbocycles. The van der Waals surface area contributed by atoms with Gasteiger partial charge < -0.3 is 10.2 Å². The van der Waals surface area contributed by atoms with Crippen LogP contribution >= 0.6 is 0 Å². The van der Waals surface area contributed by atoms with Crippen molar-refractivity contribution in [2.24, 2.45) is 0 Å². The van der Waals surface area contributed by atoms with E-state index in [1.54, 1.807) is 18.0 Å². The Morgan fingerprint density at radius 3 is 2.43 bits per heavy atom. The SMILES string of the molecule is Cc1cc(C(=O)N(C)Cc2ccccc2)nc(Nc2ccccc2C(C)C)n1. The van der Waals surface area contributed by atoms with Gasteiger partial charge in [-0.15, -0.1) is 0 Å². The lowest BCUT2D eigenvalue weighted by molar-refractivity contribution is 0.0779. The smallest absolute Gasteiger partial charge is 0.272 e. The highest BCUT2D eigenvalue weighted by Gasteiger charge is 2.16. The molecule has 0 radical (unpaired) electrons. The van der Waals surface area contributed by atoms with Gasteiger partial charge in [0.25, 0.3) is 5.91 Å². The second kappa shape index (κ2) is 8.65. The maximum absolute atomic E-state index is 12.9. The molecule has 0 aliphatic carbocycles. The van der Waals surface area contributed by atoms with E-state index in [0.717, 1.165) is 16.9 Å². The highest BCUT2D eigenvalue weighted by Crippen LogP contribution is 2.26. The van der Waals surface area contributed by atoms with Crippen molar-refractivity contribution < 1.29 is 4.79 Å². The monoisotopic (exact) mass is 374 g/mol. The van der Waals surface area contributed by atoms with Crippen molar-refractivity contribution >= 4 is 17.5 Å². The molecule has 1 heterocycles. The first-order valence-electron chi connectivity index (χ1n) is 9.45. The summed E-state index contributed by atoms with van der Waals surface area (Å²) in [4.78, 5) is 23.5. The van der Waals surface area contributed by atoms with E-state index in [1.165, 1.54) is 5.56 Å². The molecule has 2 aromatic carbocycles. The van der Waals surface area contributed by atoms with Crippen LogP contribution < -0.4 is 5.32 Å². The molecular formula is C23H26N4O. The standard InChI is InChI=1S/C23H26N4O/c1-16(2)19-12-8-9-13-20(19)25-23-24-17(3)14-21(26-23)22(28)27(4)15-18-10-6-5-7-11-18/h5-14,16H,15H2,1-4H3,(H,24,25,26). The lowest BCUT2D eigenvalue weighted by Crippen LogP contribution is -2.27. The predicted molar refractivity (Wildman–Crippen MR) is 113 cm³/mol. The van der Waals surface area contributed by atoms with Crippen molar-refractivity contribution in [3.63, 3.8) is 0 Å². The van der Waals surface area contributed by atoms with E-state index in [9.17, 15) is 4.79 Å². The molecule has 0 unspecified atom stereocenters. The number of aromatic nitrogens is 2. The summed E-state index contributed by atoms with van der Waals surface area (Å²) in [5, 5.41) is 3.29. The molecule has 3 aromatic rings. The van der Waals surface area contributed by atoms with Crippen molar-refractivity contribution in [3.8, 4) is 0 Å². The lowest BCUT2D eigenvalue weighted by atomic mass is 10.0. The molecular weight excluding hydrogens is 348 g/mol. The zero-order valence-corrected chi connectivity index (χ0v) is 16.8. The highest BCUT2D eigenvalue weighted by molar-refractivity contribution is 5.92. The van der Waals surface area contributed by atoms with Crippen molar-refractivity contribution in [1.82, 2.24) is 14.9 Å². The molecule has 0 spiro atoms. The summed E-state index contributed by atoms with van der Waals surface area (Å²) in [6, 6.07) is 19.7. The summed E-state index contributed by atoms with van der Waals surface area (Å²) in [7, 11) is 1.79. The van der Waals surface area contributed by atoms with E-state index >= 15 is 0 Å². The molecule has 1 amide bonds. The van der Waals surface area contributed by atoms with Crippen molar-refractivity contribution in [2.75, 3.05) is 12.4 Å². The van der Waals surface area contributed by atoms with Gasteiger partial charge in [-0.3, -0.25) is 4.79 Å². The summed E-state index contributed by atoms with van der Waals surface area (Å²) in [5.41, 5.74) is 4.35. The van der Waals surface area contributed by atoms with Gasteiger partial charge in [-0.05, 0) is 36.1 Å². The van der Waals surface area contributed by atoms with E-state index in [1.807, 2.05) is 55.5 Å². The zero-order chi connectivity index (χ0) is 20.1. The van der Waals surface area contributed by atoms with Crippen LogP contribution in [0.5, 0.6) is 0 Å². The molecule has 0 aliphatic heterocycles. The van der Waals surface area contributed by atoms with Gasteiger partial charge in [0, 0.05) is 25.0 Å². The van der Waals surface area contributed by atoms with Crippen molar-refractivity contribution in [2.45, 2.75) is 33.2 Å². The Kier molecular flexibility index (Phi) is 6.04. The number of amides is 1. The van der Waals surface area contributed by atoms with Crippen LogP contribution in [0.25, 0.3) is 0 Å². The highest BCUT2D eigenvalue weighted by atomic mass is 16.2. The molecule has 5 heteroatoms. The van der Waals surface area contributed by atoms with Gasteiger partial charge >= 0.3 is 0 Å². The van der Waals surface area contributed by atoms with Gasteiger partial charge in [-0.1, -0.05) is 62.4 Å². The normalized spacial score (nSPS) is 10.8. The topological polar surface area (TPSA) is 58.1 Å². The van der Waals surface area contributed by atoms with Crippen LogP contribution in [-0.2, 0) is 6.54 Å². The Bertz CT molecular complexity index is 954. The van der Waals surface area contributed by atoms with Crippen LogP contribution in [0.3, 0.4) is 0 Å². The summed E-state index contributed by atoms with van der Waals surface area (Å²) < 4.78 is 0. The molecule has 0 fully saturated rings. The fourth-order valence-electron chi connectivity index (χ4n) is 3.09. The fraction of sp³-hybridized carbons (Fsp3) is 0.261. The predicted octanol–water partition coefficient (Wildman–Crippen LogP) is 4.92. The average molecular weight is 374 g/mol. The van der Waals surface area contributed by atoms with Crippen LogP contribution in [-0.4, -0.2) is 27.8 Å². The third-order valence-electron chi connectivity index (χ3n) is 4.51. The first-order chi connectivity index (χ1) is 13.4. The Balaban J connectivity index is 1.82. The zero-order valence-electron chi connectivity index (χ0n) is 16.8. The third kappa shape index (κ3) is 4.74. The van der Waals surface area contributed by atoms with E-state index in [2.05, 4.69) is 35.2 Å². The van der Waals surface area contributed by atoms with Crippen LogP contribution in [0.4, 0.5) is 11.6 Å². The van der Waals surface area contributed by atoms with E-state index in [4.69, 9.17) is 0 Å². The van der Waals surface area contributed by atoms with Gasteiger partial charge in [0.1, 0.15) is 5.69 Å². The summed E-state index contributed by atoms with van der Waals surface area (Å²) in [6.07, 6.45) is 0. The second-order valence-corrected chi connectivity index (χ2v) is 7.23. The quantitative estimate of drug-likeness (QED) is 0.665. The fourth-order valence-corrected chi connectivity index (χ4v) is 3.09. The van der Waals surface area contributed by atoms with Crippen LogP contribution in [0.15, 0.2) is 60.7 Å². The van der Waals surface area contributed by atoms with Gasteiger partial charge in [0.05, 0.1) is 0 Å². The molecule has 0 aliphatic rings. The average Bonchev–Trinajstić information content (AvgIpc) is 2.68. The molecule has 1 aromatic heterocycles. The molecule has 1 N–H and O–H groups in total. The minimum Gasteiger partial charge on any atom is -0.336 e. The molecule has 0 bridgehead atoms. The molecule has 28 heavy (non-hydrogen) atoms. The number of hydrogen-bond donors (Lipinski definition) is 1. The maximum Gasteiger partial charge on any atom is 0.272 e. The molecule has 0 atom stereocenters. The van der Waals surface area contributed by atoms with Crippen molar-refractivity contribution in [3.05, 3.63) is 83.2 Å². The Labute approximate surface area is 166 Å². The number of benzene rings is 2. The molecule has 5 nitrogen and oxygen atoms in total. The number of rotatable bonds is 6. The number of nitrogens with zero attached hydrogens (tertiary/aromatic N) is 3. The first kappa shape index (κ1) is 19.5. The summed E-state index contributed by atoms with van der Waals surface area (Å²) in [6.45, 7) is 6.69. The van der Waals surface area contributed by atoms with Gasteiger partial charge in [0.2, 0.25) is 5.95 Å². The molecule has 3 rings (SSSR count). The minimum atomic E-state index is -0.130. The number of carbonyl (C=O) groups excluding carboxylic acids is 1. The number of nitrogens with one attached hydrogen (secondary N) is 1. The summed E-state index contributed by atoms with van der Waals surface area (Å²) in [5.74, 6) is 0.672. The summed E-state index contributed by atoms with van der Waals surface area (Å²) >= 11 is 0. The Morgan fingerprint density at radius 2 is 1.71 bits per heavy atom. The largest absolute Gasteiger partial charge is 0.336 e. The van der Waals surface area contributed by atoms with Gasteiger partial charge in [0.15, 0.2) is 0 Å². The number of aryl methyl sites for hydroxylation is 1. The minimum absolute atomic E-state index is 0.130. The Hall–Kier alpha value is -3.21. The van der Waals surface area contributed by atoms with E-state index in [0.29, 0.717) is 24.1 Å². The number of carbonyl (C=O) groups is 1. The van der Waals surface area contributed by atoms with Gasteiger partial charge in [-0.25, -0.2) is 9.97 Å². The van der Waals surface area contributed by atoms with Crippen LogP contribution in [0.1, 0.15) is 47.1 Å². The Morgan fingerprint density at radius 1 is 1.04 bits per heavy atom. The van der Waals surface area contributed by atoms with Gasteiger partial charge in [-0.2, -0.15) is 0 Å². The number of para-hydroxylation sites is 1. The third-order valence-corrected chi connectivity index (χ3v) is 4.51. The number of anilines is 2. The van der Waals surface area contributed by atoms with E-state index in [-0.39, 0.29) is 5.91 Å². The lowest BCUT2D eigenvalue weighted by Gasteiger charge is -2.18. The molecule has 0 saturated heterocycles.